The van der Waals surface area contributed by atoms with E-state index in [1.807, 2.05) is 0 Å². The van der Waals surface area contributed by atoms with Crippen LogP contribution in [0.4, 0.5) is 10.1 Å². The van der Waals surface area contributed by atoms with Crippen LogP contribution in [0, 0.1) is 12.7 Å². The minimum Gasteiger partial charge on any atom is -0.465 e. The van der Waals surface area contributed by atoms with Crippen LogP contribution >= 0.6 is 0 Å². The van der Waals surface area contributed by atoms with Gasteiger partial charge >= 0.3 is 5.97 Å². The standard InChI is InChI=1S/C16H14FNO3/c1-10-7-8-11(13(17)9-10)15(19)18-14-6-4-3-5-12(14)16(20)21-2/h3-9H,1-2H3,(H,18,19). The highest BCUT2D eigenvalue weighted by Crippen LogP contribution is 2.18. The molecule has 0 bridgehead atoms. The molecule has 0 heterocycles. The summed E-state index contributed by atoms with van der Waals surface area (Å²) in [5.74, 6) is -1.80. The summed E-state index contributed by atoms with van der Waals surface area (Å²) in [7, 11) is 1.25. The van der Waals surface area contributed by atoms with Crippen LogP contribution in [0.3, 0.4) is 0 Å². The van der Waals surface area contributed by atoms with Gasteiger partial charge in [0.2, 0.25) is 0 Å². The van der Waals surface area contributed by atoms with Crippen molar-refractivity contribution in [3.8, 4) is 0 Å². The fourth-order valence-corrected chi connectivity index (χ4v) is 1.87. The molecule has 0 unspecified atom stereocenters. The van der Waals surface area contributed by atoms with Crippen molar-refractivity contribution >= 4 is 17.6 Å². The molecule has 0 spiro atoms. The zero-order chi connectivity index (χ0) is 15.4. The van der Waals surface area contributed by atoms with Gasteiger partial charge in [-0.15, -0.1) is 0 Å². The van der Waals surface area contributed by atoms with Crippen molar-refractivity contribution in [2.75, 3.05) is 12.4 Å². The van der Waals surface area contributed by atoms with E-state index in [0.717, 1.165) is 5.56 Å². The van der Waals surface area contributed by atoms with Gasteiger partial charge in [-0.1, -0.05) is 18.2 Å². The van der Waals surface area contributed by atoms with E-state index in [9.17, 15) is 14.0 Å². The lowest BCUT2D eigenvalue weighted by molar-refractivity contribution is 0.0602. The Morgan fingerprint density at radius 3 is 2.48 bits per heavy atom. The number of nitrogens with one attached hydrogen (secondary N) is 1. The number of methoxy groups -OCH3 is 1. The monoisotopic (exact) mass is 287 g/mol. The zero-order valence-electron chi connectivity index (χ0n) is 11.6. The molecular weight excluding hydrogens is 273 g/mol. The number of carbonyl (C=O) groups excluding carboxylic acids is 2. The molecule has 1 amide bonds. The normalized spacial score (nSPS) is 10.0. The fourth-order valence-electron chi connectivity index (χ4n) is 1.87. The first-order chi connectivity index (χ1) is 10.0. The SMILES string of the molecule is COC(=O)c1ccccc1NC(=O)c1ccc(C)cc1F. The quantitative estimate of drug-likeness (QED) is 0.882. The van der Waals surface area contributed by atoms with Crippen molar-refractivity contribution in [2.24, 2.45) is 0 Å². The number of esters is 1. The predicted molar refractivity (Wildman–Crippen MR) is 76.9 cm³/mol. The molecule has 0 aliphatic rings. The molecule has 0 fully saturated rings. The molecule has 5 heteroatoms. The van der Waals surface area contributed by atoms with E-state index in [1.54, 1.807) is 31.2 Å². The molecule has 4 nitrogen and oxygen atoms in total. The number of para-hydroxylation sites is 1. The lowest BCUT2D eigenvalue weighted by atomic mass is 10.1. The minimum absolute atomic E-state index is 0.0831. The lowest BCUT2D eigenvalue weighted by Crippen LogP contribution is -2.16. The Hall–Kier alpha value is -2.69. The second-order valence-electron chi connectivity index (χ2n) is 4.47. The number of benzene rings is 2. The first-order valence-electron chi connectivity index (χ1n) is 6.27. The van der Waals surface area contributed by atoms with Crippen molar-refractivity contribution < 1.29 is 18.7 Å². The van der Waals surface area contributed by atoms with Crippen molar-refractivity contribution in [2.45, 2.75) is 6.92 Å². The first kappa shape index (κ1) is 14.7. The summed E-state index contributed by atoms with van der Waals surface area (Å²) in [6.45, 7) is 1.73. The van der Waals surface area contributed by atoms with Gasteiger partial charge in [0.05, 0.1) is 23.9 Å². The third kappa shape index (κ3) is 3.25. The number of rotatable bonds is 3. The van der Waals surface area contributed by atoms with Crippen LogP contribution < -0.4 is 5.32 Å². The Morgan fingerprint density at radius 2 is 1.81 bits per heavy atom. The summed E-state index contributed by atoms with van der Waals surface area (Å²) in [5.41, 5.74) is 1.12. The third-order valence-corrected chi connectivity index (χ3v) is 2.95. The number of anilines is 1. The summed E-state index contributed by atoms with van der Waals surface area (Å²) >= 11 is 0. The van der Waals surface area contributed by atoms with Crippen LogP contribution in [0.1, 0.15) is 26.3 Å². The third-order valence-electron chi connectivity index (χ3n) is 2.95. The van der Waals surface area contributed by atoms with E-state index in [4.69, 9.17) is 0 Å². The minimum atomic E-state index is -0.621. The molecular formula is C16H14FNO3. The van der Waals surface area contributed by atoms with Crippen LogP contribution in [0.25, 0.3) is 0 Å². The Labute approximate surface area is 121 Å². The number of ether oxygens (including phenoxy) is 1. The van der Waals surface area contributed by atoms with E-state index >= 15 is 0 Å². The molecule has 2 aromatic carbocycles. The molecule has 2 rings (SSSR count). The zero-order valence-corrected chi connectivity index (χ0v) is 11.6. The van der Waals surface area contributed by atoms with Gasteiger partial charge in [-0.05, 0) is 36.8 Å². The smallest absolute Gasteiger partial charge is 0.339 e. The highest BCUT2D eigenvalue weighted by Gasteiger charge is 2.16. The van der Waals surface area contributed by atoms with Crippen molar-refractivity contribution in [1.82, 2.24) is 0 Å². The highest BCUT2D eigenvalue weighted by molar-refractivity contribution is 6.08. The molecule has 0 saturated carbocycles. The molecule has 1 N–H and O–H groups in total. The van der Waals surface area contributed by atoms with E-state index < -0.39 is 17.7 Å². The fraction of sp³-hybridized carbons (Fsp3) is 0.125. The molecule has 0 atom stereocenters. The average Bonchev–Trinajstić information content (AvgIpc) is 2.46. The molecule has 0 saturated heterocycles. The Balaban J connectivity index is 2.30. The molecule has 0 aliphatic heterocycles. The Bertz CT molecular complexity index is 698. The van der Waals surface area contributed by atoms with E-state index in [-0.39, 0.29) is 16.8 Å². The summed E-state index contributed by atoms with van der Waals surface area (Å²) in [5, 5.41) is 2.52. The molecule has 0 aromatic heterocycles. The number of halogens is 1. The summed E-state index contributed by atoms with van der Waals surface area (Å²) in [6, 6.07) is 10.7. The number of hydrogen-bond donors (Lipinski definition) is 1. The topological polar surface area (TPSA) is 55.4 Å². The lowest BCUT2D eigenvalue weighted by Gasteiger charge is -2.10. The Kier molecular flexibility index (Phi) is 4.33. The highest BCUT2D eigenvalue weighted by atomic mass is 19.1. The number of amides is 1. The number of carbonyl (C=O) groups is 2. The predicted octanol–water partition coefficient (Wildman–Crippen LogP) is 3.17. The Morgan fingerprint density at radius 1 is 1.10 bits per heavy atom. The number of hydrogen-bond acceptors (Lipinski definition) is 3. The molecule has 2 aromatic rings. The van der Waals surface area contributed by atoms with Crippen LogP contribution in [-0.4, -0.2) is 19.0 Å². The van der Waals surface area contributed by atoms with Gasteiger partial charge in [-0.25, -0.2) is 9.18 Å². The maximum Gasteiger partial charge on any atom is 0.339 e. The van der Waals surface area contributed by atoms with Gasteiger partial charge < -0.3 is 10.1 Å². The van der Waals surface area contributed by atoms with E-state index in [1.165, 1.54) is 25.3 Å². The van der Waals surface area contributed by atoms with E-state index in [0.29, 0.717) is 0 Å². The van der Waals surface area contributed by atoms with Gasteiger partial charge in [-0.3, -0.25) is 4.79 Å². The molecule has 0 radical (unpaired) electrons. The van der Waals surface area contributed by atoms with Gasteiger partial charge in [0.1, 0.15) is 5.82 Å². The first-order valence-corrected chi connectivity index (χ1v) is 6.27. The van der Waals surface area contributed by atoms with Crippen LogP contribution in [0.5, 0.6) is 0 Å². The average molecular weight is 287 g/mol. The second-order valence-corrected chi connectivity index (χ2v) is 4.47. The maximum absolute atomic E-state index is 13.8. The summed E-state index contributed by atoms with van der Waals surface area (Å²) < 4.78 is 18.4. The van der Waals surface area contributed by atoms with Gasteiger partial charge in [0, 0.05) is 0 Å². The van der Waals surface area contributed by atoms with Crippen molar-refractivity contribution in [3.05, 3.63) is 65.0 Å². The number of aryl methyl sites for hydroxylation is 1. The maximum atomic E-state index is 13.8. The molecule has 0 aliphatic carbocycles. The molecule has 21 heavy (non-hydrogen) atoms. The largest absolute Gasteiger partial charge is 0.465 e. The second kappa shape index (κ2) is 6.17. The van der Waals surface area contributed by atoms with Crippen molar-refractivity contribution in [3.63, 3.8) is 0 Å². The van der Waals surface area contributed by atoms with Crippen LogP contribution in [0.15, 0.2) is 42.5 Å². The van der Waals surface area contributed by atoms with E-state index in [2.05, 4.69) is 10.1 Å². The van der Waals surface area contributed by atoms with Gasteiger partial charge in [0.25, 0.3) is 5.91 Å². The van der Waals surface area contributed by atoms with Crippen LogP contribution in [-0.2, 0) is 4.74 Å². The van der Waals surface area contributed by atoms with Gasteiger partial charge in [0.15, 0.2) is 0 Å². The summed E-state index contributed by atoms with van der Waals surface area (Å²) in [4.78, 5) is 23.7. The molecule has 108 valence electrons. The van der Waals surface area contributed by atoms with Gasteiger partial charge in [-0.2, -0.15) is 0 Å². The van der Waals surface area contributed by atoms with Crippen LogP contribution in [0.2, 0.25) is 0 Å². The summed E-state index contributed by atoms with van der Waals surface area (Å²) in [6.07, 6.45) is 0. The van der Waals surface area contributed by atoms with Crippen molar-refractivity contribution in [1.29, 1.82) is 0 Å².